The van der Waals surface area contributed by atoms with Crippen molar-refractivity contribution in [2.45, 2.75) is 0 Å². The SMILES string of the molecule is N#Cc1cc2nncn2cc1Br. The molecule has 2 aromatic rings. The standard InChI is InChI=1S/C7H3BrN4/c8-6-3-12-4-10-11-7(12)1-5(6)2-9/h1,3-4H. The van der Waals surface area contributed by atoms with Crippen molar-refractivity contribution in [3.63, 3.8) is 0 Å². The van der Waals surface area contributed by atoms with Crippen LogP contribution >= 0.6 is 15.9 Å². The van der Waals surface area contributed by atoms with Crippen molar-refractivity contribution in [1.82, 2.24) is 14.6 Å². The van der Waals surface area contributed by atoms with Crippen molar-refractivity contribution in [1.29, 1.82) is 5.26 Å². The fraction of sp³-hybridized carbons (Fsp3) is 0. The largest absolute Gasteiger partial charge is 0.288 e. The van der Waals surface area contributed by atoms with Gasteiger partial charge in [-0.3, -0.25) is 4.40 Å². The summed E-state index contributed by atoms with van der Waals surface area (Å²) in [6.45, 7) is 0. The Morgan fingerprint density at radius 3 is 3.17 bits per heavy atom. The second-order valence-corrected chi connectivity index (χ2v) is 3.10. The van der Waals surface area contributed by atoms with Crippen LogP contribution in [-0.2, 0) is 0 Å². The van der Waals surface area contributed by atoms with E-state index in [-0.39, 0.29) is 0 Å². The Labute approximate surface area is 76.6 Å². The van der Waals surface area contributed by atoms with Gasteiger partial charge in [-0.15, -0.1) is 10.2 Å². The molecule has 0 radical (unpaired) electrons. The van der Waals surface area contributed by atoms with Gasteiger partial charge in [-0.25, -0.2) is 0 Å². The maximum Gasteiger partial charge on any atom is 0.161 e. The van der Waals surface area contributed by atoms with Gasteiger partial charge in [0.2, 0.25) is 0 Å². The molecular formula is C7H3BrN4. The van der Waals surface area contributed by atoms with E-state index in [0.717, 1.165) is 4.47 Å². The van der Waals surface area contributed by atoms with Crippen LogP contribution in [0.25, 0.3) is 5.65 Å². The number of hydrogen-bond donors (Lipinski definition) is 0. The zero-order valence-electron chi connectivity index (χ0n) is 5.90. The van der Waals surface area contributed by atoms with E-state index in [1.165, 1.54) is 0 Å². The average molecular weight is 223 g/mol. The first-order chi connectivity index (χ1) is 5.81. The van der Waals surface area contributed by atoms with Crippen LogP contribution in [0.2, 0.25) is 0 Å². The highest BCUT2D eigenvalue weighted by atomic mass is 79.9. The van der Waals surface area contributed by atoms with Crippen molar-refractivity contribution >= 4 is 21.6 Å². The molecule has 0 amide bonds. The van der Waals surface area contributed by atoms with E-state index in [2.05, 4.69) is 26.1 Å². The van der Waals surface area contributed by atoms with Crippen molar-refractivity contribution < 1.29 is 0 Å². The van der Waals surface area contributed by atoms with Crippen LogP contribution in [-0.4, -0.2) is 14.6 Å². The summed E-state index contributed by atoms with van der Waals surface area (Å²) in [6, 6.07) is 3.73. The number of rotatable bonds is 0. The molecule has 0 spiro atoms. The highest BCUT2D eigenvalue weighted by Gasteiger charge is 2.02. The van der Waals surface area contributed by atoms with Crippen LogP contribution in [0.4, 0.5) is 0 Å². The molecule has 0 aromatic carbocycles. The molecule has 2 aromatic heterocycles. The molecule has 0 saturated heterocycles. The van der Waals surface area contributed by atoms with Crippen molar-refractivity contribution in [3.05, 3.63) is 28.6 Å². The fourth-order valence-corrected chi connectivity index (χ4v) is 1.35. The van der Waals surface area contributed by atoms with Gasteiger partial charge in [-0.05, 0) is 15.9 Å². The summed E-state index contributed by atoms with van der Waals surface area (Å²) in [6.07, 6.45) is 3.34. The van der Waals surface area contributed by atoms with E-state index in [4.69, 9.17) is 5.26 Å². The topological polar surface area (TPSA) is 54.0 Å². The number of nitrogens with zero attached hydrogens (tertiary/aromatic N) is 4. The molecule has 4 nitrogen and oxygen atoms in total. The second-order valence-electron chi connectivity index (χ2n) is 2.24. The second kappa shape index (κ2) is 2.57. The molecular weight excluding hydrogens is 220 g/mol. The zero-order chi connectivity index (χ0) is 8.55. The first kappa shape index (κ1) is 7.25. The number of aromatic nitrogens is 3. The Balaban J connectivity index is 2.84. The molecule has 12 heavy (non-hydrogen) atoms. The van der Waals surface area contributed by atoms with Gasteiger partial charge in [0.1, 0.15) is 12.4 Å². The van der Waals surface area contributed by atoms with Crippen molar-refractivity contribution in [2.24, 2.45) is 0 Å². The lowest BCUT2D eigenvalue weighted by Crippen LogP contribution is -1.86. The molecule has 58 valence electrons. The van der Waals surface area contributed by atoms with E-state index in [0.29, 0.717) is 11.2 Å². The summed E-state index contributed by atoms with van der Waals surface area (Å²) in [5.74, 6) is 0. The first-order valence-electron chi connectivity index (χ1n) is 3.20. The third-order valence-corrected chi connectivity index (χ3v) is 2.14. The maximum absolute atomic E-state index is 8.68. The van der Waals surface area contributed by atoms with E-state index in [1.807, 2.05) is 6.07 Å². The molecule has 0 aliphatic heterocycles. The van der Waals surface area contributed by atoms with Crippen LogP contribution < -0.4 is 0 Å². The summed E-state index contributed by atoms with van der Waals surface area (Å²) in [7, 11) is 0. The molecule has 0 N–H and O–H groups in total. The normalized spacial score (nSPS) is 10.0. The highest BCUT2D eigenvalue weighted by Crippen LogP contribution is 2.16. The number of fused-ring (bicyclic) bond motifs is 1. The van der Waals surface area contributed by atoms with Crippen LogP contribution in [0, 0.1) is 11.3 Å². The Morgan fingerprint density at radius 2 is 2.42 bits per heavy atom. The summed E-state index contributed by atoms with van der Waals surface area (Å²) >= 11 is 3.26. The van der Waals surface area contributed by atoms with E-state index in [9.17, 15) is 0 Å². The molecule has 0 atom stereocenters. The van der Waals surface area contributed by atoms with Gasteiger partial charge in [0.25, 0.3) is 0 Å². The molecule has 0 aliphatic carbocycles. The predicted molar refractivity (Wildman–Crippen MR) is 45.4 cm³/mol. The number of halogens is 1. The zero-order valence-corrected chi connectivity index (χ0v) is 7.48. The number of hydrogen-bond acceptors (Lipinski definition) is 3. The quantitative estimate of drug-likeness (QED) is 0.677. The average Bonchev–Trinajstić information content (AvgIpc) is 2.49. The van der Waals surface area contributed by atoms with Crippen molar-refractivity contribution in [2.75, 3.05) is 0 Å². The monoisotopic (exact) mass is 222 g/mol. The number of nitriles is 1. The molecule has 0 saturated carbocycles. The van der Waals surface area contributed by atoms with Gasteiger partial charge in [-0.1, -0.05) is 0 Å². The van der Waals surface area contributed by atoms with Crippen LogP contribution in [0.1, 0.15) is 5.56 Å². The number of pyridine rings is 1. The van der Waals surface area contributed by atoms with E-state index >= 15 is 0 Å². The van der Waals surface area contributed by atoms with Crippen LogP contribution in [0.15, 0.2) is 23.1 Å². The molecule has 0 fully saturated rings. The predicted octanol–water partition coefficient (Wildman–Crippen LogP) is 1.36. The molecule has 5 heteroatoms. The van der Waals surface area contributed by atoms with Gasteiger partial charge in [0.15, 0.2) is 5.65 Å². The van der Waals surface area contributed by atoms with Gasteiger partial charge in [-0.2, -0.15) is 5.26 Å². The van der Waals surface area contributed by atoms with E-state index < -0.39 is 0 Å². The van der Waals surface area contributed by atoms with Gasteiger partial charge in [0.05, 0.1) is 10.0 Å². The summed E-state index contributed by atoms with van der Waals surface area (Å²) in [5, 5.41) is 16.2. The van der Waals surface area contributed by atoms with Crippen LogP contribution in [0.5, 0.6) is 0 Å². The molecule has 0 aliphatic rings. The van der Waals surface area contributed by atoms with Crippen LogP contribution in [0.3, 0.4) is 0 Å². The summed E-state index contributed by atoms with van der Waals surface area (Å²) in [5.41, 5.74) is 1.24. The molecule has 0 unspecified atom stereocenters. The molecule has 2 heterocycles. The fourth-order valence-electron chi connectivity index (χ4n) is 0.930. The Bertz CT molecular complexity index is 468. The minimum absolute atomic E-state index is 0.565. The van der Waals surface area contributed by atoms with Gasteiger partial charge in [0, 0.05) is 12.3 Å². The lowest BCUT2D eigenvalue weighted by Gasteiger charge is -1.95. The summed E-state index contributed by atoms with van der Waals surface area (Å²) < 4.78 is 2.49. The maximum atomic E-state index is 8.68. The lowest BCUT2D eigenvalue weighted by molar-refractivity contribution is 1.10. The Morgan fingerprint density at radius 1 is 1.58 bits per heavy atom. The summed E-state index contributed by atoms with van der Waals surface area (Å²) in [4.78, 5) is 0. The Kier molecular flexibility index (Phi) is 1.55. The minimum Gasteiger partial charge on any atom is -0.288 e. The van der Waals surface area contributed by atoms with Gasteiger partial charge < -0.3 is 0 Å². The minimum atomic E-state index is 0.565. The molecule has 2 rings (SSSR count). The third kappa shape index (κ3) is 0.970. The molecule has 0 bridgehead atoms. The van der Waals surface area contributed by atoms with Crippen molar-refractivity contribution in [3.8, 4) is 6.07 Å². The highest BCUT2D eigenvalue weighted by molar-refractivity contribution is 9.10. The Hall–Kier alpha value is -1.41. The van der Waals surface area contributed by atoms with E-state index in [1.54, 1.807) is 23.0 Å². The third-order valence-electron chi connectivity index (χ3n) is 1.50. The lowest BCUT2D eigenvalue weighted by atomic mass is 10.3. The van der Waals surface area contributed by atoms with Gasteiger partial charge >= 0.3 is 0 Å². The smallest absolute Gasteiger partial charge is 0.161 e. The first-order valence-corrected chi connectivity index (χ1v) is 3.99.